The van der Waals surface area contributed by atoms with Crippen LogP contribution in [-0.4, -0.2) is 16.5 Å². The molecule has 0 bridgehead atoms. The molecule has 104 valence electrons. The lowest BCUT2D eigenvalue weighted by molar-refractivity contribution is -0.0447. The summed E-state index contributed by atoms with van der Waals surface area (Å²) in [7, 11) is 0. The Morgan fingerprint density at radius 2 is 1.72 bits per heavy atom. The topological polar surface area (TPSA) is 9.23 Å². The molecule has 1 aliphatic heterocycles. The van der Waals surface area contributed by atoms with E-state index in [1.54, 1.807) is 0 Å². The van der Waals surface area contributed by atoms with E-state index in [1.165, 1.54) is 77.0 Å². The first-order chi connectivity index (χ1) is 8.76. The second-order valence-corrected chi connectivity index (χ2v) is 8.18. The Kier molecular flexibility index (Phi) is 4.35. The predicted molar refractivity (Wildman–Crippen MR) is 79.2 cm³/mol. The Hall–Kier alpha value is 0.440. The van der Waals surface area contributed by atoms with Crippen LogP contribution < -0.4 is 0 Å². The summed E-state index contributed by atoms with van der Waals surface area (Å²) in [4.78, 5) is 0.770. The average molecular weight is 315 g/mol. The van der Waals surface area contributed by atoms with Gasteiger partial charge in [0.25, 0.3) is 0 Å². The van der Waals surface area contributed by atoms with E-state index < -0.39 is 0 Å². The van der Waals surface area contributed by atoms with Gasteiger partial charge in [-0.3, -0.25) is 0 Å². The Labute approximate surface area is 120 Å². The summed E-state index contributed by atoms with van der Waals surface area (Å²) in [6.45, 7) is 0. The van der Waals surface area contributed by atoms with Crippen LogP contribution in [-0.2, 0) is 4.74 Å². The Balaban J connectivity index is 1.51. The minimum absolute atomic E-state index is 0.337. The van der Waals surface area contributed by atoms with Gasteiger partial charge in [0, 0.05) is 4.83 Å². The third-order valence-corrected chi connectivity index (χ3v) is 6.25. The number of hydrogen-bond donors (Lipinski definition) is 0. The van der Waals surface area contributed by atoms with E-state index in [0.29, 0.717) is 11.7 Å². The molecular formula is C16H27BrO. The lowest BCUT2D eigenvalue weighted by atomic mass is 9.92. The van der Waals surface area contributed by atoms with Crippen LogP contribution in [0.25, 0.3) is 0 Å². The summed E-state index contributed by atoms with van der Waals surface area (Å²) < 4.78 is 6.47. The van der Waals surface area contributed by atoms with Gasteiger partial charge in [0.1, 0.15) is 0 Å². The summed E-state index contributed by atoms with van der Waals surface area (Å²) >= 11 is 3.85. The second-order valence-electron chi connectivity index (χ2n) is 6.89. The molecule has 3 rings (SSSR count). The first-order valence-corrected chi connectivity index (χ1v) is 8.99. The van der Waals surface area contributed by atoms with Crippen molar-refractivity contribution >= 4 is 15.9 Å². The van der Waals surface area contributed by atoms with Gasteiger partial charge in [-0.15, -0.1) is 0 Å². The van der Waals surface area contributed by atoms with E-state index in [-0.39, 0.29) is 0 Å². The molecule has 0 amide bonds. The number of rotatable bonds is 2. The van der Waals surface area contributed by atoms with Gasteiger partial charge in [0.2, 0.25) is 0 Å². The normalized spacial score (nSPS) is 40.2. The van der Waals surface area contributed by atoms with Gasteiger partial charge in [-0.1, -0.05) is 48.0 Å². The highest BCUT2D eigenvalue weighted by Crippen LogP contribution is 2.45. The fraction of sp³-hybridized carbons (Fsp3) is 1.00. The molecule has 1 heterocycles. The largest absolute Gasteiger partial charge is 0.372 e. The van der Waals surface area contributed by atoms with Crippen molar-refractivity contribution in [3.05, 3.63) is 0 Å². The summed E-state index contributed by atoms with van der Waals surface area (Å²) in [5, 5.41) is 0. The van der Waals surface area contributed by atoms with Crippen LogP contribution in [0.4, 0.5) is 0 Å². The summed E-state index contributed by atoms with van der Waals surface area (Å²) in [5.41, 5.74) is 0.337. The van der Waals surface area contributed by atoms with Gasteiger partial charge in [0.15, 0.2) is 0 Å². The maximum absolute atomic E-state index is 6.47. The maximum Gasteiger partial charge on any atom is 0.0687 e. The van der Waals surface area contributed by atoms with Gasteiger partial charge >= 0.3 is 0 Å². The smallest absolute Gasteiger partial charge is 0.0687 e. The Morgan fingerprint density at radius 3 is 2.56 bits per heavy atom. The monoisotopic (exact) mass is 314 g/mol. The van der Waals surface area contributed by atoms with Crippen LogP contribution in [0.5, 0.6) is 0 Å². The predicted octanol–water partition coefficient (Wildman–Crippen LogP) is 5.21. The molecular weight excluding hydrogens is 288 g/mol. The van der Waals surface area contributed by atoms with E-state index in [0.717, 1.165) is 10.7 Å². The number of halogens is 1. The van der Waals surface area contributed by atoms with Gasteiger partial charge in [0.05, 0.1) is 11.7 Å². The zero-order valence-electron chi connectivity index (χ0n) is 11.5. The molecule has 1 nitrogen and oxygen atoms in total. The lowest BCUT2D eigenvalue weighted by Crippen LogP contribution is -2.26. The van der Waals surface area contributed by atoms with Crippen LogP contribution in [0.2, 0.25) is 0 Å². The minimum Gasteiger partial charge on any atom is -0.372 e. The number of hydrogen-bond acceptors (Lipinski definition) is 1. The van der Waals surface area contributed by atoms with Crippen LogP contribution in [0.15, 0.2) is 0 Å². The first kappa shape index (κ1) is 13.4. The van der Waals surface area contributed by atoms with Crippen molar-refractivity contribution in [3.63, 3.8) is 0 Å². The first-order valence-electron chi connectivity index (χ1n) is 8.08. The van der Waals surface area contributed by atoms with E-state index in [1.807, 2.05) is 0 Å². The van der Waals surface area contributed by atoms with Crippen molar-refractivity contribution in [2.75, 3.05) is 0 Å². The van der Waals surface area contributed by atoms with Crippen molar-refractivity contribution in [2.45, 2.75) is 93.6 Å². The molecule has 0 radical (unpaired) electrons. The molecule has 0 aromatic rings. The van der Waals surface area contributed by atoms with Crippen molar-refractivity contribution in [1.82, 2.24) is 0 Å². The highest BCUT2D eigenvalue weighted by molar-refractivity contribution is 9.09. The van der Waals surface area contributed by atoms with Gasteiger partial charge in [-0.05, 0) is 50.9 Å². The highest BCUT2D eigenvalue weighted by atomic mass is 79.9. The zero-order chi connectivity index (χ0) is 12.4. The highest BCUT2D eigenvalue weighted by Gasteiger charge is 2.42. The fourth-order valence-electron chi connectivity index (χ4n) is 4.43. The summed E-state index contributed by atoms with van der Waals surface area (Å²) in [6, 6.07) is 0. The van der Waals surface area contributed by atoms with E-state index >= 15 is 0 Å². The molecule has 3 unspecified atom stereocenters. The zero-order valence-corrected chi connectivity index (χ0v) is 13.1. The Morgan fingerprint density at radius 1 is 0.944 bits per heavy atom. The molecule has 1 saturated heterocycles. The van der Waals surface area contributed by atoms with Gasteiger partial charge in [-0.25, -0.2) is 0 Å². The average Bonchev–Trinajstić information content (AvgIpc) is 2.90. The SMILES string of the molecule is BrC1CCCCC(CC2CCC3(CCCC3)O2)C1. The third-order valence-electron chi connectivity index (χ3n) is 5.42. The molecule has 3 atom stereocenters. The second kappa shape index (κ2) is 5.83. The standard InChI is InChI=1S/C16H27BrO/c17-14-6-2-1-5-13(11-14)12-15-7-10-16(18-15)8-3-4-9-16/h13-15H,1-12H2. The van der Waals surface area contributed by atoms with Gasteiger partial charge in [-0.2, -0.15) is 0 Å². The molecule has 2 saturated carbocycles. The van der Waals surface area contributed by atoms with Crippen LogP contribution in [0.3, 0.4) is 0 Å². The number of alkyl halides is 1. The maximum atomic E-state index is 6.47. The molecule has 18 heavy (non-hydrogen) atoms. The molecule has 3 fully saturated rings. The van der Waals surface area contributed by atoms with Crippen LogP contribution >= 0.6 is 15.9 Å². The minimum atomic E-state index is 0.337. The molecule has 2 aliphatic carbocycles. The van der Waals surface area contributed by atoms with Crippen molar-refractivity contribution in [1.29, 1.82) is 0 Å². The summed E-state index contributed by atoms with van der Waals surface area (Å²) in [6.07, 6.45) is 17.2. The van der Waals surface area contributed by atoms with Crippen molar-refractivity contribution < 1.29 is 4.74 Å². The lowest BCUT2D eigenvalue weighted by Gasteiger charge is -2.26. The number of ether oxygens (including phenoxy) is 1. The van der Waals surface area contributed by atoms with Crippen LogP contribution in [0, 0.1) is 5.92 Å². The quantitative estimate of drug-likeness (QED) is 0.502. The molecule has 3 aliphatic rings. The van der Waals surface area contributed by atoms with E-state index in [4.69, 9.17) is 4.74 Å². The molecule has 0 aromatic carbocycles. The van der Waals surface area contributed by atoms with E-state index in [2.05, 4.69) is 15.9 Å². The third kappa shape index (κ3) is 3.12. The molecule has 1 spiro atoms. The van der Waals surface area contributed by atoms with Crippen molar-refractivity contribution in [3.8, 4) is 0 Å². The molecule has 0 N–H and O–H groups in total. The molecule has 0 aromatic heterocycles. The van der Waals surface area contributed by atoms with Crippen molar-refractivity contribution in [2.24, 2.45) is 5.92 Å². The van der Waals surface area contributed by atoms with Gasteiger partial charge < -0.3 is 4.74 Å². The van der Waals surface area contributed by atoms with E-state index in [9.17, 15) is 0 Å². The fourth-order valence-corrected chi connectivity index (χ4v) is 5.28. The van der Waals surface area contributed by atoms with Crippen LogP contribution in [0.1, 0.15) is 77.0 Å². The molecule has 2 heteroatoms. The summed E-state index contributed by atoms with van der Waals surface area (Å²) in [5.74, 6) is 0.915. The Bertz CT molecular complexity index is 272.